The van der Waals surface area contributed by atoms with Crippen LogP contribution in [0.4, 0.5) is 5.69 Å². The normalized spacial score (nSPS) is 23.0. The van der Waals surface area contributed by atoms with Gasteiger partial charge in [-0.25, -0.2) is 8.42 Å². The Morgan fingerprint density at radius 3 is 1.87 bits per heavy atom. The number of carbonyl (C=O) groups excluding carboxylic acids is 1. The van der Waals surface area contributed by atoms with Crippen LogP contribution >= 0.6 is 0 Å². The summed E-state index contributed by atoms with van der Waals surface area (Å²) in [6.45, 7) is 3.97. The third kappa shape index (κ3) is 5.01. The van der Waals surface area contributed by atoms with Crippen molar-refractivity contribution in [1.82, 2.24) is 4.90 Å². The number of sulfone groups is 1. The Hall–Kier alpha value is -1.56. The van der Waals surface area contributed by atoms with Gasteiger partial charge in [-0.15, -0.1) is 0 Å². The van der Waals surface area contributed by atoms with Gasteiger partial charge in [0, 0.05) is 44.0 Å². The first-order valence-electron chi connectivity index (χ1n) is 11.8. The Kier molecular flexibility index (Phi) is 6.71. The van der Waals surface area contributed by atoms with Gasteiger partial charge in [-0.05, 0) is 74.6 Å². The lowest BCUT2D eigenvalue weighted by atomic mass is 9.78. The number of amides is 1. The van der Waals surface area contributed by atoms with Crippen molar-refractivity contribution in [2.75, 3.05) is 37.3 Å². The highest BCUT2D eigenvalue weighted by Crippen LogP contribution is 2.35. The molecular weight excluding hydrogens is 396 g/mol. The van der Waals surface area contributed by atoms with Crippen LogP contribution in [0.15, 0.2) is 29.2 Å². The highest BCUT2D eigenvalue weighted by molar-refractivity contribution is 7.90. The molecule has 0 spiro atoms. The predicted molar refractivity (Wildman–Crippen MR) is 120 cm³/mol. The van der Waals surface area contributed by atoms with Gasteiger partial charge in [-0.2, -0.15) is 0 Å². The van der Waals surface area contributed by atoms with Crippen LogP contribution in [-0.2, 0) is 14.6 Å². The molecule has 1 saturated carbocycles. The van der Waals surface area contributed by atoms with E-state index in [0.717, 1.165) is 69.4 Å². The van der Waals surface area contributed by atoms with Crippen LogP contribution in [0, 0.1) is 17.8 Å². The summed E-state index contributed by atoms with van der Waals surface area (Å²) in [5, 5.41) is 0. The third-order valence-electron chi connectivity index (χ3n) is 7.64. The second kappa shape index (κ2) is 9.29. The molecule has 0 aromatic heterocycles. The number of hydrogen-bond acceptors (Lipinski definition) is 4. The number of anilines is 1. The van der Waals surface area contributed by atoms with Gasteiger partial charge in [-0.3, -0.25) is 4.79 Å². The average molecular weight is 433 g/mol. The van der Waals surface area contributed by atoms with E-state index in [9.17, 15) is 13.2 Å². The lowest BCUT2D eigenvalue weighted by Gasteiger charge is -2.41. The molecule has 1 amide bonds. The van der Waals surface area contributed by atoms with Gasteiger partial charge in [0.05, 0.1) is 4.90 Å². The molecule has 0 N–H and O–H groups in total. The van der Waals surface area contributed by atoms with Crippen molar-refractivity contribution in [2.45, 2.75) is 62.7 Å². The van der Waals surface area contributed by atoms with Crippen LogP contribution in [0.2, 0.25) is 0 Å². The molecule has 3 aliphatic rings. The third-order valence-corrected chi connectivity index (χ3v) is 8.77. The Morgan fingerprint density at radius 2 is 1.33 bits per heavy atom. The van der Waals surface area contributed by atoms with E-state index >= 15 is 0 Å². The number of rotatable bonds is 4. The fourth-order valence-corrected chi connectivity index (χ4v) is 6.36. The minimum absolute atomic E-state index is 0.299. The van der Waals surface area contributed by atoms with E-state index < -0.39 is 9.84 Å². The SMILES string of the molecule is CS(=O)(=O)c1ccc(N2CCC(C3CCN(C(=O)C4CCCCC4)CC3)CC2)cc1. The van der Waals surface area contributed by atoms with Crippen LogP contribution in [0.25, 0.3) is 0 Å². The molecule has 0 bridgehead atoms. The second-order valence-electron chi connectivity index (χ2n) is 9.59. The lowest BCUT2D eigenvalue weighted by Crippen LogP contribution is -2.45. The Balaban J connectivity index is 1.24. The van der Waals surface area contributed by atoms with E-state index in [-0.39, 0.29) is 0 Å². The van der Waals surface area contributed by atoms with E-state index in [1.807, 2.05) is 12.1 Å². The largest absolute Gasteiger partial charge is 0.372 e. The molecule has 1 aliphatic carbocycles. The predicted octanol–water partition coefficient (Wildman–Crippen LogP) is 4.13. The number of likely N-dealkylation sites (tertiary alicyclic amines) is 1. The van der Waals surface area contributed by atoms with Gasteiger partial charge in [0.1, 0.15) is 0 Å². The topological polar surface area (TPSA) is 57.7 Å². The molecule has 3 fully saturated rings. The van der Waals surface area contributed by atoms with Crippen LogP contribution in [-0.4, -0.2) is 51.7 Å². The first kappa shape index (κ1) is 21.7. The van der Waals surface area contributed by atoms with Gasteiger partial charge in [0.15, 0.2) is 9.84 Å². The van der Waals surface area contributed by atoms with Crippen LogP contribution in [0.3, 0.4) is 0 Å². The fourth-order valence-electron chi connectivity index (χ4n) is 5.73. The maximum absolute atomic E-state index is 12.8. The highest BCUT2D eigenvalue weighted by Gasteiger charge is 2.33. The molecule has 2 heterocycles. The molecule has 0 atom stereocenters. The molecule has 6 heteroatoms. The Bertz CT molecular complexity index is 815. The summed E-state index contributed by atoms with van der Waals surface area (Å²) < 4.78 is 23.3. The molecule has 0 radical (unpaired) electrons. The molecule has 1 aromatic rings. The quantitative estimate of drug-likeness (QED) is 0.718. The van der Waals surface area contributed by atoms with Gasteiger partial charge < -0.3 is 9.80 Å². The average Bonchev–Trinajstić information content (AvgIpc) is 2.79. The summed E-state index contributed by atoms with van der Waals surface area (Å²) in [6, 6.07) is 7.31. The summed E-state index contributed by atoms with van der Waals surface area (Å²) in [4.78, 5) is 17.7. The zero-order valence-corrected chi connectivity index (χ0v) is 19.1. The Morgan fingerprint density at radius 1 is 0.800 bits per heavy atom. The molecule has 4 rings (SSSR count). The number of nitrogens with zero attached hydrogens (tertiary/aromatic N) is 2. The van der Waals surface area contributed by atoms with E-state index in [0.29, 0.717) is 16.7 Å². The zero-order chi connectivity index (χ0) is 21.1. The maximum Gasteiger partial charge on any atom is 0.225 e. The number of hydrogen-bond donors (Lipinski definition) is 0. The van der Waals surface area contributed by atoms with E-state index in [4.69, 9.17) is 0 Å². The first-order chi connectivity index (χ1) is 14.4. The summed E-state index contributed by atoms with van der Waals surface area (Å²) in [6.07, 6.45) is 11.9. The second-order valence-corrected chi connectivity index (χ2v) is 11.6. The summed E-state index contributed by atoms with van der Waals surface area (Å²) in [5.74, 6) is 2.23. The number of piperidine rings is 2. The van der Waals surface area contributed by atoms with E-state index in [2.05, 4.69) is 9.80 Å². The number of benzene rings is 1. The lowest BCUT2D eigenvalue weighted by molar-refractivity contribution is -0.138. The maximum atomic E-state index is 12.8. The van der Waals surface area contributed by atoms with Gasteiger partial charge >= 0.3 is 0 Å². The highest BCUT2D eigenvalue weighted by atomic mass is 32.2. The first-order valence-corrected chi connectivity index (χ1v) is 13.6. The minimum Gasteiger partial charge on any atom is -0.372 e. The van der Waals surface area contributed by atoms with Crippen LogP contribution < -0.4 is 4.90 Å². The molecule has 2 saturated heterocycles. The molecule has 30 heavy (non-hydrogen) atoms. The van der Waals surface area contributed by atoms with Crippen molar-refractivity contribution in [3.05, 3.63) is 24.3 Å². The van der Waals surface area contributed by atoms with Gasteiger partial charge in [-0.1, -0.05) is 19.3 Å². The smallest absolute Gasteiger partial charge is 0.225 e. The summed E-state index contributed by atoms with van der Waals surface area (Å²) in [5.41, 5.74) is 1.12. The minimum atomic E-state index is -3.14. The van der Waals surface area contributed by atoms with Crippen molar-refractivity contribution in [3.63, 3.8) is 0 Å². The summed E-state index contributed by atoms with van der Waals surface area (Å²) >= 11 is 0. The van der Waals surface area contributed by atoms with Crippen molar-refractivity contribution in [1.29, 1.82) is 0 Å². The number of carbonyl (C=O) groups is 1. The van der Waals surface area contributed by atoms with E-state index in [1.165, 1.54) is 38.4 Å². The molecular formula is C24H36N2O3S. The standard InChI is InChI=1S/C24H36N2O3S/c1-30(28,29)23-9-7-22(8-10-23)25-15-11-19(12-16-25)20-13-17-26(18-14-20)24(27)21-5-3-2-4-6-21/h7-10,19-21H,2-6,11-18H2,1H3. The molecule has 5 nitrogen and oxygen atoms in total. The van der Waals surface area contributed by atoms with Gasteiger partial charge in [0.25, 0.3) is 0 Å². The Labute approximate surface area is 181 Å². The molecule has 1 aromatic carbocycles. The zero-order valence-electron chi connectivity index (χ0n) is 18.3. The van der Waals surface area contributed by atoms with Crippen molar-refractivity contribution < 1.29 is 13.2 Å². The van der Waals surface area contributed by atoms with Crippen molar-refractivity contribution in [3.8, 4) is 0 Å². The molecule has 166 valence electrons. The summed E-state index contributed by atoms with van der Waals surface area (Å²) in [7, 11) is -3.14. The molecule has 2 aliphatic heterocycles. The van der Waals surface area contributed by atoms with E-state index in [1.54, 1.807) is 12.1 Å². The van der Waals surface area contributed by atoms with Crippen LogP contribution in [0.5, 0.6) is 0 Å². The molecule has 0 unspecified atom stereocenters. The van der Waals surface area contributed by atoms with Crippen LogP contribution in [0.1, 0.15) is 57.8 Å². The van der Waals surface area contributed by atoms with Crippen molar-refractivity contribution >= 4 is 21.4 Å². The fraction of sp³-hybridized carbons (Fsp3) is 0.708. The monoisotopic (exact) mass is 432 g/mol. The van der Waals surface area contributed by atoms with Gasteiger partial charge in [0.2, 0.25) is 5.91 Å². The van der Waals surface area contributed by atoms with Crippen molar-refractivity contribution in [2.24, 2.45) is 17.8 Å².